The molecule has 2 saturated heterocycles. The van der Waals surface area contributed by atoms with Crippen LogP contribution in [0.1, 0.15) is 41.6 Å². The van der Waals surface area contributed by atoms with Crippen LogP contribution < -0.4 is 16.0 Å². The number of halogens is 1. The van der Waals surface area contributed by atoms with Crippen molar-refractivity contribution in [2.45, 2.75) is 31.2 Å². The van der Waals surface area contributed by atoms with Gasteiger partial charge in [-0.1, -0.05) is 23.7 Å². The van der Waals surface area contributed by atoms with Crippen LogP contribution in [0.2, 0.25) is 5.02 Å². The fraction of sp³-hybridized carbons (Fsp3) is 0.440. The molecule has 2 aromatic rings. The Labute approximate surface area is 209 Å². The van der Waals surface area contributed by atoms with Crippen molar-refractivity contribution in [3.63, 3.8) is 0 Å². The molecule has 4 rings (SSSR count). The lowest BCUT2D eigenvalue weighted by Gasteiger charge is -2.45. The molecule has 0 bridgehead atoms. The number of Topliss-reactive ketones (excluding diaryl/α,β-unsaturated/α-hetero) is 1. The molecule has 0 saturated carbocycles. The number of nitrogens with one attached hydrogen (secondary N) is 1. The third-order valence-corrected chi connectivity index (χ3v) is 7.52. The SMILES string of the molecule is CCN(C(=O)O)[C@]1(C(=O)C2CCN(c3ccc(C(N)=O)cn3)CC2)CNC[C@H]1c1ccc(Cl)cc1. The van der Waals surface area contributed by atoms with Crippen LogP contribution in [-0.2, 0) is 4.79 Å². The van der Waals surface area contributed by atoms with Crippen molar-refractivity contribution in [1.29, 1.82) is 0 Å². The fourth-order valence-corrected chi connectivity index (χ4v) is 5.62. The lowest BCUT2D eigenvalue weighted by Crippen LogP contribution is -2.63. The van der Waals surface area contributed by atoms with Crippen LogP contribution in [0.3, 0.4) is 0 Å². The molecule has 2 aliphatic heterocycles. The molecule has 4 N–H and O–H groups in total. The number of carbonyl (C=O) groups is 3. The molecule has 1 aromatic carbocycles. The van der Waals surface area contributed by atoms with Gasteiger partial charge < -0.3 is 21.1 Å². The molecular weight excluding hydrogens is 470 g/mol. The van der Waals surface area contributed by atoms with E-state index in [1.807, 2.05) is 12.1 Å². The number of carbonyl (C=O) groups excluding carboxylic acids is 2. The number of aromatic nitrogens is 1. The summed E-state index contributed by atoms with van der Waals surface area (Å²) in [5.41, 5.74) is 5.34. The number of nitrogens with zero attached hydrogens (tertiary/aromatic N) is 3. The number of nitrogens with two attached hydrogens (primary N) is 1. The maximum atomic E-state index is 14.2. The average molecular weight is 500 g/mol. The van der Waals surface area contributed by atoms with Crippen LogP contribution >= 0.6 is 11.6 Å². The summed E-state index contributed by atoms with van der Waals surface area (Å²) in [6, 6.07) is 10.7. The zero-order valence-electron chi connectivity index (χ0n) is 19.6. The van der Waals surface area contributed by atoms with Gasteiger partial charge in [0.1, 0.15) is 11.4 Å². The standard InChI is InChI=1S/C25H30ClN5O4/c1-2-31(24(34)35)25(15-28-14-20(25)16-3-6-19(26)7-4-16)22(32)17-9-11-30(12-10-17)21-8-5-18(13-29-21)23(27)33/h3-8,13,17,20,28H,2,9-12,14-15H2,1H3,(H2,27,33)(H,34,35)/t20-,25+/m0/s1. The second kappa shape index (κ2) is 10.2. The van der Waals surface area contributed by atoms with Crippen molar-refractivity contribution >= 4 is 35.2 Å². The number of amides is 2. The number of benzene rings is 1. The topological polar surface area (TPSA) is 129 Å². The first-order valence-electron chi connectivity index (χ1n) is 11.8. The zero-order valence-corrected chi connectivity index (χ0v) is 20.4. The normalized spacial score (nSPS) is 22.7. The molecule has 0 spiro atoms. The van der Waals surface area contributed by atoms with Crippen LogP contribution in [0.5, 0.6) is 0 Å². The predicted molar refractivity (Wildman–Crippen MR) is 133 cm³/mol. The van der Waals surface area contributed by atoms with E-state index in [1.54, 1.807) is 31.2 Å². The van der Waals surface area contributed by atoms with Crippen LogP contribution in [-0.4, -0.2) is 71.0 Å². The maximum absolute atomic E-state index is 14.2. The van der Waals surface area contributed by atoms with Crippen molar-refractivity contribution in [2.24, 2.45) is 11.7 Å². The van der Waals surface area contributed by atoms with Gasteiger partial charge in [0.15, 0.2) is 5.78 Å². The first kappa shape index (κ1) is 24.9. The lowest BCUT2D eigenvalue weighted by atomic mass is 9.72. The first-order valence-corrected chi connectivity index (χ1v) is 12.2. The van der Waals surface area contributed by atoms with Gasteiger partial charge in [-0.25, -0.2) is 9.78 Å². The Morgan fingerprint density at radius 2 is 1.89 bits per heavy atom. The van der Waals surface area contributed by atoms with Crippen LogP contribution in [0.15, 0.2) is 42.6 Å². The number of likely N-dealkylation sites (N-methyl/N-ethyl adjacent to an activating group) is 1. The second-order valence-electron chi connectivity index (χ2n) is 9.08. The van der Waals surface area contributed by atoms with Gasteiger partial charge in [-0.3, -0.25) is 14.5 Å². The van der Waals surface area contributed by atoms with E-state index in [0.29, 0.717) is 43.1 Å². The van der Waals surface area contributed by atoms with Gasteiger partial charge in [-0.2, -0.15) is 0 Å². The number of carboxylic acid groups (broad SMARTS) is 1. The Morgan fingerprint density at radius 1 is 1.20 bits per heavy atom. The van der Waals surface area contributed by atoms with E-state index in [-0.39, 0.29) is 30.7 Å². The highest BCUT2D eigenvalue weighted by Crippen LogP contribution is 2.41. The zero-order chi connectivity index (χ0) is 25.2. The highest BCUT2D eigenvalue weighted by molar-refractivity contribution is 6.30. The van der Waals surface area contributed by atoms with Crippen LogP contribution in [0, 0.1) is 5.92 Å². The number of hydrogen-bond donors (Lipinski definition) is 3. The minimum atomic E-state index is -1.19. The number of pyridine rings is 1. The third kappa shape index (κ3) is 4.70. The van der Waals surface area contributed by atoms with Gasteiger partial charge >= 0.3 is 6.09 Å². The summed E-state index contributed by atoms with van der Waals surface area (Å²) in [5.74, 6) is -0.442. The number of anilines is 1. The third-order valence-electron chi connectivity index (χ3n) is 7.27. The van der Waals surface area contributed by atoms with Crippen LogP contribution in [0.4, 0.5) is 10.6 Å². The van der Waals surface area contributed by atoms with Gasteiger partial charge in [-0.05, 0) is 49.6 Å². The summed E-state index contributed by atoms with van der Waals surface area (Å²) in [4.78, 5) is 45.5. The molecule has 186 valence electrons. The van der Waals surface area contributed by atoms with E-state index < -0.39 is 17.5 Å². The van der Waals surface area contributed by atoms with Gasteiger partial charge in [0, 0.05) is 55.8 Å². The van der Waals surface area contributed by atoms with Gasteiger partial charge in [0.2, 0.25) is 5.91 Å². The Hall–Kier alpha value is -3.17. The highest BCUT2D eigenvalue weighted by Gasteiger charge is 2.56. The Balaban J connectivity index is 1.58. The molecular formula is C25H30ClN5O4. The van der Waals surface area contributed by atoms with Crippen molar-refractivity contribution < 1.29 is 19.5 Å². The summed E-state index contributed by atoms with van der Waals surface area (Å²) in [6.07, 6.45) is 1.53. The van der Waals surface area contributed by atoms with Crippen molar-refractivity contribution in [3.8, 4) is 0 Å². The molecule has 0 unspecified atom stereocenters. The lowest BCUT2D eigenvalue weighted by molar-refractivity contribution is -0.135. The summed E-state index contributed by atoms with van der Waals surface area (Å²) in [7, 11) is 0. The highest BCUT2D eigenvalue weighted by atomic mass is 35.5. The molecule has 0 radical (unpaired) electrons. The summed E-state index contributed by atoms with van der Waals surface area (Å²) in [5, 5.41) is 14.0. The maximum Gasteiger partial charge on any atom is 0.408 e. The summed E-state index contributed by atoms with van der Waals surface area (Å²) >= 11 is 6.08. The van der Waals surface area contributed by atoms with Gasteiger partial charge in [0.25, 0.3) is 0 Å². The quantitative estimate of drug-likeness (QED) is 0.534. The number of hydrogen-bond acceptors (Lipinski definition) is 6. The van der Waals surface area contributed by atoms with E-state index in [0.717, 1.165) is 11.4 Å². The summed E-state index contributed by atoms with van der Waals surface area (Å²) < 4.78 is 0. The summed E-state index contributed by atoms with van der Waals surface area (Å²) in [6.45, 7) is 3.97. The van der Waals surface area contributed by atoms with Crippen LogP contribution in [0.25, 0.3) is 0 Å². The van der Waals surface area contributed by atoms with E-state index >= 15 is 0 Å². The minimum absolute atomic E-state index is 0.0385. The number of primary amides is 1. The number of ketones is 1. The molecule has 2 fully saturated rings. The van der Waals surface area contributed by atoms with E-state index in [1.165, 1.54) is 11.1 Å². The molecule has 10 heteroatoms. The van der Waals surface area contributed by atoms with Crippen molar-refractivity contribution in [1.82, 2.24) is 15.2 Å². The largest absolute Gasteiger partial charge is 0.465 e. The van der Waals surface area contributed by atoms with Crippen molar-refractivity contribution in [3.05, 3.63) is 58.7 Å². The smallest absolute Gasteiger partial charge is 0.408 e. The van der Waals surface area contributed by atoms with E-state index in [9.17, 15) is 19.5 Å². The molecule has 2 aliphatic rings. The Bertz CT molecular complexity index is 1090. The molecule has 9 nitrogen and oxygen atoms in total. The number of rotatable bonds is 7. The predicted octanol–water partition coefficient (Wildman–Crippen LogP) is 2.75. The first-order chi connectivity index (χ1) is 16.8. The van der Waals surface area contributed by atoms with E-state index in [2.05, 4.69) is 15.2 Å². The minimum Gasteiger partial charge on any atom is -0.465 e. The molecule has 1 aromatic heterocycles. The molecule has 35 heavy (non-hydrogen) atoms. The molecule has 2 amide bonds. The number of piperidine rings is 1. The van der Waals surface area contributed by atoms with Gasteiger partial charge in [-0.15, -0.1) is 0 Å². The Kier molecular flexibility index (Phi) is 7.28. The van der Waals surface area contributed by atoms with E-state index in [4.69, 9.17) is 17.3 Å². The molecule has 2 atom stereocenters. The Morgan fingerprint density at radius 3 is 2.43 bits per heavy atom. The monoisotopic (exact) mass is 499 g/mol. The van der Waals surface area contributed by atoms with Crippen molar-refractivity contribution in [2.75, 3.05) is 37.6 Å². The average Bonchev–Trinajstić information content (AvgIpc) is 3.30. The fourth-order valence-electron chi connectivity index (χ4n) is 5.49. The molecule has 3 heterocycles. The van der Waals surface area contributed by atoms with Gasteiger partial charge in [0.05, 0.1) is 5.56 Å². The second-order valence-corrected chi connectivity index (χ2v) is 9.52. The molecule has 0 aliphatic carbocycles.